The fourth-order valence-electron chi connectivity index (χ4n) is 3.14. The quantitative estimate of drug-likeness (QED) is 0.545. The van der Waals surface area contributed by atoms with Crippen LogP contribution in [0.1, 0.15) is 30.9 Å². The Morgan fingerprint density at radius 3 is 2.03 bits per heavy atom. The van der Waals surface area contributed by atoms with E-state index in [-0.39, 0.29) is 0 Å². The monoisotopic (exact) mass is 530 g/mol. The van der Waals surface area contributed by atoms with Gasteiger partial charge in [0.2, 0.25) is 0 Å². The van der Waals surface area contributed by atoms with E-state index >= 15 is 0 Å². The Morgan fingerprint density at radius 2 is 1.58 bits per heavy atom. The van der Waals surface area contributed by atoms with Gasteiger partial charge in [0, 0.05) is 50.9 Å². The molecule has 0 bridgehead atoms. The van der Waals surface area contributed by atoms with Crippen LogP contribution in [0.25, 0.3) is 0 Å². The largest absolute Gasteiger partial charge is 0.490 e. The van der Waals surface area contributed by atoms with Crippen molar-refractivity contribution >= 4 is 11.9 Å². The van der Waals surface area contributed by atoms with Gasteiger partial charge in [-0.3, -0.25) is 9.80 Å². The zero-order valence-corrected chi connectivity index (χ0v) is 19.6. The summed E-state index contributed by atoms with van der Waals surface area (Å²) in [5.41, 5.74) is 2.60. The van der Waals surface area contributed by atoms with Gasteiger partial charge in [0.1, 0.15) is 5.82 Å². The highest BCUT2D eigenvalue weighted by molar-refractivity contribution is 5.73. The molecular formula is C21H28F6N4O5. The average molecular weight is 530 g/mol. The lowest BCUT2D eigenvalue weighted by molar-refractivity contribution is -0.193. The fourth-order valence-corrected chi connectivity index (χ4v) is 3.14. The molecule has 0 saturated heterocycles. The minimum Gasteiger partial charge on any atom is -0.475 e. The van der Waals surface area contributed by atoms with Crippen LogP contribution in [-0.4, -0.2) is 80.0 Å². The van der Waals surface area contributed by atoms with Crippen LogP contribution in [0.5, 0.6) is 0 Å². The lowest BCUT2D eigenvalue weighted by Crippen LogP contribution is -2.27. The first-order valence-corrected chi connectivity index (χ1v) is 10.8. The standard InChI is InChI=1S/C17H26N4O.2C2HF3O2/c1-3-19(4-2)13-16-11-18-17-5-7-20(8-9-21(16)17)12-15-6-10-22-14-15;2*3-2(4,5)1(6)7/h6,10-11,14H,3-5,7-9,12-13H2,1-2H3;2*(H,6,7). The molecule has 0 aromatic carbocycles. The molecule has 0 amide bonds. The van der Waals surface area contributed by atoms with Gasteiger partial charge in [-0.15, -0.1) is 0 Å². The highest BCUT2D eigenvalue weighted by atomic mass is 19.4. The van der Waals surface area contributed by atoms with Crippen molar-refractivity contribution in [2.75, 3.05) is 26.2 Å². The molecule has 9 nitrogen and oxygen atoms in total. The number of fused-ring (bicyclic) bond motifs is 1. The van der Waals surface area contributed by atoms with E-state index in [4.69, 9.17) is 24.2 Å². The van der Waals surface area contributed by atoms with Crippen molar-refractivity contribution in [1.29, 1.82) is 0 Å². The zero-order valence-electron chi connectivity index (χ0n) is 19.6. The Morgan fingerprint density at radius 1 is 1.03 bits per heavy atom. The van der Waals surface area contributed by atoms with Gasteiger partial charge in [-0.1, -0.05) is 13.8 Å². The van der Waals surface area contributed by atoms with Crippen LogP contribution in [0.3, 0.4) is 0 Å². The highest BCUT2D eigenvalue weighted by Crippen LogP contribution is 2.16. The minimum atomic E-state index is -5.08. The molecule has 15 heteroatoms. The molecule has 1 aliphatic heterocycles. The third kappa shape index (κ3) is 10.7. The van der Waals surface area contributed by atoms with E-state index in [1.165, 1.54) is 17.1 Å². The number of rotatable bonds is 6. The summed E-state index contributed by atoms with van der Waals surface area (Å²) >= 11 is 0. The maximum atomic E-state index is 10.6. The number of carbonyl (C=O) groups is 2. The van der Waals surface area contributed by atoms with Gasteiger partial charge in [-0.05, 0) is 19.2 Å². The third-order valence-corrected chi connectivity index (χ3v) is 5.06. The normalized spacial score (nSPS) is 14.1. The number of aliphatic carboxylic acids is 2. The SMILES string of the molecule is CCN(CC)Cc1cnc2n1CCN(Cc1ccoc1)CC2.O=C(O)C(F)(F)F.O=C(O)C(F)(F)F. The second-order valence-electron chi connectivity index (χ2n) is 7.54. The first kappa shape index (κ1) is 31.0. The van der Waals surface area contributed by atoms with Gasteiger partial charge in [-0.2, -0.15) is 26.3 Å². The average Bonchev–Trinajstić information content (AvgIpc) is 3.38. The second kappa shape index (κ2) is 13.9. The number of carboxylic acid groups (broad SMARTS) is 2. The van der Waals surface area contributed by atoms with Gasteiger partial charge in [0.25, 0.3) is 0 Å². The zero-order chi connectivity index (χ0) is 27.5. The topological polar surface area (TPSA) is 112 Å². The summed E-state index contributed by atoms with van der Waals surface area (Å²) in [5, 5.41) is 14.2. The summed E-state index contributed by atoms with van der Waals surface area (Å²) < 4.78 is 71.1. The van der Waals surface area contributed by atoms with Crippen LogP contribution in [0.2, 0.25) is 0 Å². The Labute approximate surface area is 202 Å². The molecule has 2 N–H and O–H groups in total. The van der Waals surface area contributed by atoms with Crippen molar-refractivity contribution in [3.8, 4) is 0 Å². The van der Waals surface area contributed by atoms with Crippen LogP contribution in [-0.2, 0) is 35.6 Å². The Kier molecular flexibility index (Phi) is 11.9. The first-order valence-electron chi connectivity index (χ1n) is 10.8. The number of nitrogens with zero attached hydrogens (tertiary/aromatic N) is 4. The molecule has 3 heterocycles. The van der Waals surface area contributed by atoms with Crippen LogP contribution < -0.4 is 0 Å². The van der Waals surface area contributed by atoms with Crippen LogP contribution in [0.15, 0.2) is 29.2 Å². The van der Waals surface area contributed by atoms with Crippen molar-refractivity contribution in [2.24, 2.45) is 0 Å². The molecule has 0 radical (unpaired) electrons. The maximum Gasteiger partial charge on any atom is 0.490 e. The highest BCUT2D eigenvalue weighted by Gasteiger charge is 2.38. The summed E-state index contributed by atoms with van der Waals surface area (Å²) in [5.74, 6) is -4.28. The van der Waals surface area contributed by atoms with Crippen LogP contribution in [0, 0.1) is 0 Å². The molecule has 0 aliphatic carbocycles. The van der Waals surface area contributed by atoms with Gasteiger partial charge in [0.05, 0.1) is 18.2 Å². The van der Waals surface area contributed by atoms with E-state index in [0.29, 0.717) is 0 Å². The van der Waals surface area contributed by atoms with Gasteiger partial charge in [-0.25, -0.2) is 14.6 Å². The molecule has 1 aliphatic rings. The molecule has 36 heavy (non-hydrogen) atoms. The summed E-state index contributed by atoms with van der Waals surface area (Å²) in [6, 6.07) is 2.05. The molecule has 0 unspecified atom stereocenters. The molecule has 2 aromatic heterocycles. The van der Waals surface area contributed by atoms with Gasteiger partial charge < -0.3 is 19.2 Å². The van der Waals surface area contributed by atoms with Crippen LogP contribution in [0.4, 0.5) is 26.3 Å². The molecule has 2 aromatic rings. The molecule has 0 saturated carbocycles. The predicted octanol–water partition coefficient (Wildman–Crippen LogP) is 3.64. The number of carboxylic acids is 2. The summed E-state index contributed by atoms with van der Waals surface area (Å²) in [6.45, 7) is 11.7. The van der Waals surface area contributed by atoms with E-state index in [1.54, 1.807) is 6.26 Å². The number of imidazole rings is 1. The van der Waals surface area contributed by atoms with E-state index in [9.17, 15) is 26.3 Å². The third-order valence-electron chi connectivity index (χ3n) is 5.06. The summed E-state index contributed by atoms with van der Waals surface area (Å²) in [4.78, 5) is 27.4. The molecule has 0 spiro atoms. The first-order chi connectivity index (χ1) is 16.7. The molecular weight excluding hydrogens is 502 g/mol. The number of halogens is 6. The van der Waals surface area contributed by atoms with E-state index in [1.807, 2.05) is 6.26 Å². The van der Waals surface area contributed by atoms with Gasteiger partial charge >= 0.3 is 24.3 Å². The number of hydrogen-bond donors (Lipinski definition) is 2. The minimum absolute atomic E-state index is 0.965. The second-order valence-corrected chi connectivity index (χ2v) is 7.54. The van der Waals surface area contributed by atoms with Gasteiger partial charge in [0.15, 0.2) is 0 Å². The Hall–Kier alpha value is -3.07. The molecule has 204 valence electrons. The van der Waals surface area contributed by atoms with E-state index < -0.39 is 24.3 Å². The molecule has 0 fully saturated rings. The van der Waals surface area contributed by atoms with E-state index in [0.717, 1.165) is 52.2 Å². The fraction of sp³-hybridized carbons (Fsp3) is 0.571. The lowest BCUT2D eigenvalue weighted by atomic mass is 10.3. The summed E-state index contributed by atoms with van der Waals surface area (Å²) in [6.07, 6.45) is -3.48. The predicted molar refractivity (Wildman–Crippen MR) is 114 cm³/mol. The van der Waals surface area contributed by atoms with Crippen molar-refractivity contribution in [3.63, 3.8) is 0 Å². The number of furan rings is 1. The number of alkyl halides is 6. The summed E-state index contributed by atoms with van der Waals surface area (Å²) in [7, 11) is 0. The van der Waals surface area contributed by atoms with Crippen molar-refractivity contribution < 1.29 is 50.6 Å². The molecule has 0 atom stereocenters. The van der Waals surface area contributed by atoms with Crippen molar-refractivity contribution in [2.45, 2.75) is 52.3 Å². The van der Waals surface area contributed by atoms with Crippen molar-refractivity contribution in [1.82, 2.24) is 19.4 Å². The lowest BCUT2D eigenvalue weighted by Gasteiger charge is -2.20. The Bertz CT molecular complexity index is 916. The number of aromatic nitrogens is 2. The van der Waals surface area contributed by atoms with E-state index in [2.05, 4.69) is 45.5 Å². The molecule has 3 rings (SSSR count). The van der Waals surface area contributed by atoms with Crippen molar-refractivity contribution in [3.05, 3.63) is 41.9 Å². The smallest absolute Gasteiger partial charge is 0.475 e. The van der Waals surface area contributed by atoms with Crippen LogP contribution >= 0.6 is 0 Å². The maximum absolute atomic E-state index is 10.6. The Balaban J connectivity index is 0.000000383. The number of hydrogen-bond acceptors (Lipinski definition) is 6.